The van der Waals surface area contributed by atoms with Gasteiger partial charge in [0, 0.05) is 12.0 Å². The number of aryl methyl sites for hydroxylation is 1. The lowest BCUT2D eigenvalue weighted by Gasteiger charge is -2.16. The third-order valence-corrected chi connectivity index (χ3v) is 2.89. The summed E-state index contributed by atoms with van der Waals surface area (Å²) in [6.07, 6.45) is -3.75. The van der Waals surface area contributed by atoms with E-state index in [0.717, 1.165) is 0 Å². The first kappa shape index (κ1) is 15.3. The zero-order chi connectivity index (χ0) is 14.6. The Bertz CT molecular complexity index is 467. The predicted molar refractivity (Wildman–Crippen MR) is 63.0 cm³/mol. The predicted octanol–water partition coefficient (Wildman–Crippen LogP) is 3.52. The molecule has 0 aromatic heterocycles. The molecule has 0 heterocycles. The normalized spacial score (nSPS) is 11.6. The molecule has 0 saturated carbocycles. The molecule has 0 spiro atoms. The van der Waals surface area contributed by atoms with E-state index >= 15 is 0 Å². The number of aromatic hydroxyl groups is 1. The lowest BCUT2D eigenvalue weighted by molar-refractivity contribution is -0.139. The van der Waals surface area contributed by atoms with Gasteiger partial charge in [-0.25, -0.2) is 0 Å². The smallest absolute Gasteiger partial charge is 0.417 e. The summed E-state index contributed by atoms with van der Waals surface area (Å²) in [5.41, 5.74) is -0.917. The lowest BCUT2D eigenvalue weighted by atomic mass is 9.96. The van der Waals surface area contributed by atoms with Crippen molar-refractivity contribution in [2.24, 2.45) is 0 Å². The van der Waals surface area contributed by atoms with E-state index < -0.39 is 17.7 Å². The molecule has 0 aliphatic heterocycles. The molecule has 0 saturated heterocycles. The monoisotopic (exact) mass is 276 g/mol. The van der Waals surface area contributed by atoms with Crippen LogP contribution in [0.3, 0.4) is 0 Å². The molecular formula is C13H15F3O3. The molecule has 1 rings (SSSR count). The number of benzene rings is 1. The number of carboxylic acid groups (broad SMARTS) is 1. The first-order valence-electron chi connectivity index (χ1n) is 5.84. The third kappa shape index (κ3) is 4.15. The molecule has 1 aromatic rings. The van der Waals surface area contributed by atoms with Gasteiger partial charge in [-0.3, -0.25) is 4.79 Å². The van der Waals surface area contributed by atoms with Crippen LogP contribution in [0.5, 0.6) is 5.75 Å². The molecule has 106 valence electrons. The van der Waals surface area contributed by atoms with E-state index in [-0.39, 0.29) is 29.7 Å². The second-order valence-corrected chi connectivity index (χ2v) is 4.34. The number of hydrogen-bond donors (Lipinski definition) is 2. The number of phenols is 1. The second kappa shape index (κ2) is 5.95. The van der Waals surface area contributed by atoms with Gasteiger partial charge < -0.3 is 10.2 Å². The number of carbonyl (C=O) groups is 1. The van der Waals surface area contributed by atoms with Gasteiger partial charge in [-0.05, 0) is 37.8 Å². The van der Waals surface area contributed by atoms with Gasteiger partial charge in [0.1, 0.15) is 5.75 Å². The van der Waals surface area contributed by atoms with Crippen LogP contribution in [0.15, 0.2) is 12.1 Å². The van der Waals surface area contributed by atoms with Crippen LogP contribution >= 0.6 is 0 Å². The van der Waals surface area contributed by atoms with Crippen molar-refractivity contribution in [2.75, 3.05) is 0 Å². The first-order chi connectivity index (χ1) is 8.73. The van der Waals surface area contributed by atoms with Crippen molar-refractivity contribution >= 4 is 5.97 Å². The highest BCUT2D eigenvalue weighted by molar-refractivity contribution is 5.66. The van der Waals surface area contributed by atoms with Gasteiger partial charge in [-0.1, -0.05) is 6.07 Å². The molecule has 0 aliphatic carbocycles. The molecule has 0 radical (unpaired) electrons. The highest BCUT2D eigenvalue weighted by atomic mass is 19.4. The molecule has 2 N–H and O–H groups in total. The van der Waals surface area contributed by atoms with Crippen molar-refractivity contribution < 1.29 is 28.2 Å². The van der Waals surface area contributed by atoms with Crippen molar-refractivity contribution in [3.63, 3.8) is 0 Å². The molecule has 0 atom stereocenters. The van der Waals surface area contributed by atoms with Crippen molar-refractivity contribution in [3.8, 4) is 5.75 Å². The number of carboxylic acids is 1. The van der Waals surface area contributed by atoms with Crippen LogP contribution in [0.4, 0.5) is 13.2 Å². The van der Waals surface area contributed by atoms with Crippen LogP contribution in [-0.2, 0) is 17.4 Å². The number of phenolic OH excluding ortho intramolecular Hbond substituents is 1. The third-order valence-electron chi connectivity index (χ3n) is 2.89. The van der Waals surface area contributed by atoms with Crippen LogP contribution in [0.25, 0.3) is 0 Å². The fourth-order valence-electron chi connectivity index (χ4n) is 1.95. The number of unbranched alkanes of at least 4 members (excludes halogenated alkanes) is 1. The van der Waals surface area contributed by atoms with Gasteiger partial charge in [0.05, 0.1) is 5.56 Å². The number of aliphatic carboxylic acids is 1. The van der Waals surface area contributed by atoms with Crippen LogP contribution in [-0.4, -0.2) is 16.2 Å². The maximum atomic E-state index is 12.9. The van der Waals surface area contributed by atoms with Crippen LogP contribution in [0.1, 0.15) is 36.0 Å². The Hall–Kier alpha value is -1.72. The Morgan fingerprint density at radius 3 is 2.42 bits per heavy atom. The maximum absolute atomic E-state index is 12.9. The first-order valence-corrected chi connectivity index (χ1v) is 5.84. The van der Waals surface area contributed by atoms with E-state index in [4.69, 9.17) is 5.11 Å². The zero-order valence-electron chi connectivity index (χ0n) is 10.4. The van der Waals surface area contributed by atoms with E-state index in [1.54, 1.807) is 0 Å². The van der Waals surface area contributed by atoms with E-state index in [1.807, 2.05) is 0 Å². The summed E-state index contributed by atoms with van der Waals surface area (Å²) >= 11 is 0. The fraction of sp³-hybridized carbons (Fsp3) is 0.462. The molecule has 6 heteroatoms. The minimum absolute atomic E-state index is 0.0571. The highest BCUT2D eigenvalue weighted by Crippen LogP contribution is 2.38. The Kier molecular flexibility index (Phi) is 4.80. The number of rotatable bonds is 5. The molecule has 3 nitrogen and oxygen atoms in total. The van der Waals surface area contributed by atoms with Gasteiger partial charge in [0.25, 0.3) is 0 Å². The largest absolute Gasteiger partial charge is 0.508 e. The van der Waals surface area contributed by atoms with E-state index in [0.29, 0.717) is 12.8 Å². The molecular weight excluding hydrogens is 261 g/mol. The van der Waals surface area contributed by atoms with Gasteiger partial charge in [-0.2, -0.15) is 13.2 Å². The van der Waals surface area contributed by atoms with Crippen LogP contribution < -0.4 is 0 Å². The Balaban J connectivity index is 2.89. The topological polar surface area (TPSA) is 57.5 Å². The Morgan fingerprint density at radius 2 is 1.89 bits per heavy atom. The van der Waals surface area contributed by atoms with E-state index in [1.165, 1.54) is 19.1 Å². The van der Waals surface area contributed by atoms with Gasteiger partial charge in [-0.15, -0.1) is 0 Å². The van der Waals surface area contributed by atoms with Gasteiger partial charge >= 0.3 is 12.1 Å². The minimum Gasteiger partial charge on any atom is -0.508 e. The van der Waals surface area contributed by atoms with E-state index in [2.05, 4.69) is 0 Å². The summed E-state index contributed by atoms with van der Waals surface area (Å²) in [6, 6.07) is 2.48. The summed E-state index contributed by atoms with van der Waals surface area (Å²) < 4.78 is 38.8. The highest BCUT2D eigenvalue weighted by Gasteiger charge is 2.35. The zero-order valence-corrected chi connectivity index (χ0v) is 10.4. The average Bonchev–Trinajstić information content (AvgIpc) is 2.27. The molecule has 0 bridgehead atoms. The summed E-state index contributed by atoms with van der Waals surface area (Å²) in [6.45, 7) is 1.22. The van der Waals surface area contributed by atoms with Crippen LogP contribution in [0.2, 0.25) is 0 Å². The fourth-order valence-corrected chi connectivity index (χ4v) is 1.95. The van der Waals surface area contributed by atoms with Gasteiger partial charge in [0.2, 0.25) is 0 Å². The van der Waals surface area contributed by atoms with Crippen molar-refractivity contribution in [3.05, 3.63) is 28.8 Å². The second-order valence-electron chi connectivity index (χ2n) is 4.34. The molecule has 0 aliphatic rings. The summed E-state index contributed by atoms with van der Waals surface area (Å²) in [4.78, 5) is 10.3. The Labute approximate surface area is 108 Å². The molecule has 0 amide bonds. The summed E-state index contributed by atoms with van der Waals surface area (Å²) in [7, 11) is 0. The number of hydrogen-bond acceptors (Lipinski definition) is 2. The number of alkyl halides is 3. The van der Waals surface area contributed by atoms with Crippen molar-refractivity contribution in [1.82, 2.24) is 0 Å². The van der Waals surface area contributed by atoms with Gasteiger partial charge in [0.15, 0.2) is 0 Å². The molecule has 19 heavy (non-hydrogen) atoms. The minimum atomic E-state index is -4.52. The van der Waals surface area contributed by atoms with Crippen LogP contribution in [0, 0.1) is 6.92 Å². The van der Waals surface area contributed by atoms with E-state index in [9.17, 15) is 23.1 Å². The molecule has 0 fully saturated rings. The molecule has 0 unspecified atom stereocenters. The summed E-state index contributed by atoms with van der Waals surface area (Å²) in [5.74, 6) is -1.35. The molecule has 1 aromatic carbocycles. The lowest BCUT2D eigenvalue weighted by Crippen LogP contribution is -2.12. The average molecular weight is 276 g/mol. The van der Waals surface area contributed by atoms with Crippen molar-refractivity contribution in [2.45, 2.75) is 38.8 Å². The number of halogens is 3. The quantitative estimate of drug-likeness (QED) is 0.809. The maximum Gasteiger partial charge on any atom is 0.417 e. The standard InChI is InChI=1S/C13H15F3O3/c1-8-10(17)7-6-9(12(8)13(14,15)16)4-2-3-5-11(18)19/h6-7,17H,2-5H2,1H3,(H,18,19). The summed E-state index contributed by atoms with van der Waals surface area (Å²) in [5, 5.41) is 17.8. The van der Waals surface area contributed by atoms with Crippen molar-refractivity contribution in [1.29, 1.82) is 0 Å². The Morgan fingerprint density at radius 1 is 1.26 bits per heavy atom. The SMILES string of the molecule is Cc1c(O)ccc(CCCCC(=O)O)c1C(F)(F)F.